The average molecular weight is 318 g/mol. The highest BCUT2D eigenvalue weighted by molar-refractivity contribution is 5.65. The van der Waals surface area contributed by atoms with Crippen molar-refractivity contribution in [1.82, 2.24) is 14.6 Å². The number of fused-ring (bicyclic) bond motifs is 1. The van der Waals surface area contributed by atoms with Gasteiger partial charge in [-0.3, -0.25) is 0 Å². The zero-order chi connectivity index (χ0) is 16.8. The van der Waals surface area contributed by atoms with Crippen molar-refractivity contribution in [2.24, 2.45) is 11.1 Å². The van der Waals surface area contributed by atoms with Crippen LogP contribution in [0.2, 0.25) is 0 Å². The van der Waals surface area contributed by atoms with Crippen LogP contribution in [0.3, 0.4) is 0 Å². The van der Waals surface area contributed by atoms with Gasteiger partial charge in [0.2, 0.25) is 5.95 Å². The van der Waals surface area contributed by atoms with E-state index in [-0.39, 0.29) is 23.5 Å². The molecule has 1 saturated heterocycles. The van der Waals surface area contributed by atoms with Gasteiger partial charge in [0, 0.05) is 13.0 Å². The van der Waals surface area contributed by atoms with Gasteiger partial charge in [0.05, 0.1) is 17.9 Å². The molecule has 2 aromatic rings. The Balaban J connectivity index is 1.96. The van der Waals surface area contributed by atoms with Crippen LogP contribution >= 0.6 is 0 Å². The Labute approximate surface area is 134 Å². The number of carbonyl (C=O) groups excluding carboxylic acids is 1. The van der Waals surface area contributed by atoms with Crippen LogP contribution < -0.4 is 16.4 Å². The highest BCUT2D eigenvalue weighted by Crippen LogP contribution is 2.37. The minimum atomic E-state index is -0.731. The second kappa shape index (κ2) is 5.29. The van der Waals surface area contributed by atoms with Crippen molar-refractivity contribution < 1.29 is 9.53 Å². The maximum atomic E-state index is 11.2. The molecule has 2 aromatic heterocycles. The summed E-state index contributed by atoms with van der Waals surface area (Å²) in [6, 6.07) is 3.88. The SMILES string of the molecule is CC(C)(C)C1C(OC(N)=O)CCN1c1ccc2nc(N)nn2c1. The number of pyridine rings is 1. The molecule has 0 radical (unpaired) electrons. The van der Waals surface area contributed by atoms with Gasteiger partial charge < -0.3 is 21.1 Å². The molecule has 2 unspecified atom stereocenters. The summed E-state index contributed by atoms with van der Waals surface area (Å²) in [5.74, 6) is 0.242. The number of carbonyl (C=O) groups is 1. The van der Waals surface area contributed by atoms with Gasteiger partial charge in [0.15, 0.2) is 5.65 Å². The highest BCUT2D eigenvalue weighted by Gasteiger charge is 2.43. The first-order valence-electron chi connectivity index (χ1n) is 7.60. The summed E-state index contributed by atoms with van der Waals surface area (Å²) in [6.07, 6.45) is 1.67. The number of primary amides is 1. The normalized spacial score (nSPS) is 21.8. The van der Waals surface area contributed by atoms with Crippen LogP contribution in [0.1, 0.15) is 27.2 Å². The Morgan fingerprint density at radius 3 is 2.78 bits per heavy atom. The molecule has 3 rings (SSSR count). The van der Waals surface area contributed by atoms with Gasteiger partial charge in [-0.25, -0.2) is 9.31 Å². The molecule has 0 spiro atoms. The summed E-state index contributed by atoms with van der Waals surface area (Å²) in [4.78, 5) is 17.5. The van der Waals surface area contributed by atoms with Gasteiger partial charge >= 0.3 is 6.09 Å². The van der Waals surface area contributed by atoms with Crippen molar-refractivity contribution in [1.29, 1.82) is 0 Å². The summed E-state index contributed by atoms with van der Waals surface area (Å²) in [6.45, 7) is 7.15. The fourth-order valence-corrected chi connectivity index (χ4v) is 3.41. The molecule has 4 N–H and O–H groups in total. The zero-order valence-corrected chi connectivity index (χ0v) is 13.6. The summed E-state index contributed by atoms with van der Waals surface area (Å²) in [5.41, 5.74) is 12.5. The Morgan fingerprint density at radius 2 is 2.13 bits per heavy atom. The number of rotatable bonds is 2. The number of anilines is 2. The van der Waals surface area contributed by atoms with Gasteiger partial charge in [-0.15, -0.1) is 5.10 Å². The van der Waals surface area contributed by atoms with Gasteiger partial charge in [0.25, 0.3) is 0 Å². The summed E-state index contributed by atoms with van der Waals surface area (Å²) in [5, 5.41) is 4.15. The van der Waals surface area contributed by atoms with Crippen molar-refractivity contribution in [3.63, 3.8) is 0 Å². The van der Waals surface area contributed by atoms with E-state index in [1.165, 1.54) is 0 Å². The number of nitrogens with two attached hydrogens (primary N) is 2. The number of ether oxygens (including phenoxy) is 1. The van der Waals surface area contributed by atoms with Crippen molar-refractivity contribution in [2.75, 3.05) is 17.2 Å². The lowest BCUT2D eigenvalue weighted by atomic mass is 9.83. The number of nitrogens with zero attached hydrogens (tertiary/aromatic N) is 4. The van der Waals surface area contributed by atoms with E-state index in [0.29, 0.717) is 5.65 Å². The Bertz CT molecular complexity index is 735. The fraction of sp³-hybridized carbons (Fsp3) is 0.533. The maximum Gasteiger partial charge on any atom is 0.404 e. The van der Waals surface area contributed by atoms with E-state index in [0.717, 1.165) is 18.7 Å². The summed E-state index contributed by atoms with van der Waals surface area (Å²) in [7, 11) is 0. The van der Waals surface area contributed by atoms with Crippen molar-refractivity contribution in [3.05, 3.63) is 18.3 Å². The van der Waals surface area contributed by atoms with Crippen molar-refractivity contribution in [3.8, 4) is 0 Å². The number of amides is 1. The quantitative estimate of drug-likeness (QED) is 0.865. The molecule has 0 aromatic carbocycles. The zero-order valence-electron chi connectivity index (χ0n) is 13.6. The number of hydrogen-bond acceptors (Lipinski definition) is 6. The molecule has 23 heavy (non-hydrogen) atoms. The molecule has 0 aliphatic carbocycles. The predicted molar refractivity (Wildman–Crippen MR) is 87.1 cm³/mol. The first-order valence-corrected chi connectivity index (χ1v) is 7.60. The molecule has 1 fully saturated rings. The van der Waals surface area contributed by atoms with Crippen LogP contribution in [0.25, 0.3) is 5.65 Å². The predicted octanol–water partition coefficient (Wildman–Crippen LogP) is 1.40. The van der Waals surface area contributed by atoms with Gasteiger partial charge in [-0.1, -0.05) is 20.8 Å². The largest absolute Gasteiger partial charge is 0.444 e. The standard InChI is InChI=1S/C15H22N6O2/c1-15(2,3)12-10(23-14(17)22)6-7-20(12)9-4-5-11-18-13(16)19-21(11)8-9/h4-5,8,10,12H,6-7H2,1-3H3,(H2,16,19)(H2,17,22). The van der Waals surface area contributed by atoms with Gasteiger partial charge in [0.1, 0.15) is 6.10 Å². The van der Waals surface area contributed by atoms with Crippen molar-refractivity contribution in [2.45, 2.75) is 39.3 Å². The molecular weight excluding hydrogens is 296 g/mol. The monoisotopic (exact) mass is 318 g/mol. The van der Waals surface area contributed by atoms with E-state index in [2.05, 4.69) is 35.8 Å². The molecule has 2 atom stereocenters. The average Bonchev–Trinajstić information content (AvgIpc) is 2.98. The Morgan fingerprint density at radius 1 is 1.39 bits per heavy atom. The van der Waals surface area contributed by atoms with Crippen LogP contribution in [-0.2, 0) is 4.74 Å². The molecule has 0 saturated carbocycles. The first kappa shape index (κ1) is 15.4. The molecule has 1 aliphatic rings. The van der Waals surface area contributed by atoms with E-state index in [9.17, 15) is 4.79 Å². The first-order chi connectivity index (χ1) is 10.8. The molecule has 8 heteroatoms. The molecule has 1 amide bonds. The fourth-order valence-electron chi connectivity index (χ4n) is 3.41. The highest BCUT2D eigenvalue weighted by atomic mass is 16.6. The van der Waals surface area contributed by atoms with E-state index in [1.807, 2.05) is 18.3 Å². The third kappa shape index (κ3) is 2.88. The lowest BCUT2D eigenvalue weighted by molar-refractivity contribution is 0.0754. The topological polar surface area (TPSA) is 112 Å². The Kier molecular flexibility index (Phi) is 3.54. The number of hydrogen-bond donors (Lipinski definition) is 2. The van der Waals surface area contributed by atoms with Crippen LogP contribution in [-0.4, -0.2) is 39.4 Å². The molecular formula is C15H22N6O2. The lowest BCUT2D eigenvalue weighted by Gasteiger charge is -2.38. The van der Waals surface area contributed by atoms with Gasteiger partial charge in [-0.2, -0.15) is 4.98 Å². The molecule has 0 bridgehead atoms. The second-order valence-corrected chi connectivity index (χ2v) is 6.93. The molecule has 1 aliphatic heterocycles. The second-order valence-electron chi connectivity index (χ2n) is 6.93. The molecule has 3 heterocycles. The van der Waals surface area contributed by atoms with Crippen molar-refractivity contribution >= 4 is 23.4 Å². The lowest BCUT2D eigenvalue weighted by Crippen LogP contribution is -2.47. The van der Waals surface area contributed by atoms with Crippen LogP contribution in [0.5, 0.6) is 0 Å². The smallest absolute Gasteiger partial charge is 0.404 e. The van der Waals surface area contributed by atoms with E-state index in [4.69, 9.17) is 16.2 Å². The van der Waals surface area contributed by atoms with Gasteiger partial charge in [-0.05, 0) is 17.5 Å². The minimum absolute atomic E-state index is 0.0216. The van der Waals surface area contributed by atoms with Crippen LogP contribution in [0.15, 0.2) is 18.3 Å². The third-order valence-corrected chi connectivity index (χ3v) is 4.16. The maximum absolute atomic E-state index is 11.2. The van der Waals surface area contributed by atoms with E-state index in [1.54, 1.807) is 4.52 Å². The number of nitrogen functional groups attached to an aromatic ring is 1. The molecule has 8 nitrogen and oxygen atoms in total. The van der Waals surface area contributed by atoms with E-state index < -0.39 is 6.09 Å². The molecule has 124 valence electrons. The summed E-state index contributed by atoms with van der Waals surface area (Å²) >= 11 is 0. The Hall–Kier alpha value is -2.51. The van der Waals surface area contributed by atoms with Crippen LogP contribution in [0.4, 0.5) is 16.4 Å². The summed E-state index contributed by atoms with van der Waals surface area (Å²) < 4.78 is 7.00. The van der Waals surface area contributed by atoms with Crippen LogP contribution in [0, 0.1) is 5.41 Å². The minimum Gasteiger partial charge on any atom is -0.444 e. The third-order valence-electron chi connectivity index (χ3n) is 4.16. The number of aromatic nitrogens is 3. The van der Waals surface area contributed by atoms with E-state index >= 15 is 0 Å².